The normalized spacial score (nSPS) is 11.2. The minimum atomic E-state index is -0.988. The highest BCUT2D eigenvalue weighted by atomic mass is 16.6. The van der Waals surface area contributed by atoms with Crippen molar-refractivity contribution in [2.24, 2.45) is 0 Å². The Hall–Kier alpha value is -3.54. The highest BCUT2D eigenvalue weighted by Crippen LogP contribution is 2.22. The number of ether oxygens (including phenoxy) is 1. The van der Waals surface area contributed by atoms with E-state index < -0.39 is 29.7 Å². The van der Waals surface area contributed by atoms with E-state index in [4.69, 9.17) is 4.74 Å². The molecular weight excluding hydrogens is 404 g/mol. The van der Waals surface area contributed by atoms with Crippen molar-refractivity contribution in [3.63, 3.8) is 0 Å². The van der Waals surface area contributed by atoms with Gasteiger partial charge in [0.05, 0.1) is 11.9 Å². The summed E-state index contributed by atoms with van der Waals surface area (Å²) in [4.78, 5) is 43.4. The molecule has 0 saturated carbocycles. The maximum Gasteiger partial charge on any atom is 0.375 e. The molecule has 2 aromatic carbocycles. The van der Waals surface area contributed by atoms with Crippen LogP contribution in [0.2, 0.25) is 0 Å². The molecule has 0 aliphatic carbocycles. The molecule has 6 nitrogen and oxygen atoms in total. The number of benzene rings is 2. The average molecular weight is 433 g/mol. The summed E-state index contributed by atoms with van der Waals surface area (Å²) in [6, 6.07) is 19.3. The first-order chi connectivity index (χ1) is 15.2. The van der Waals surface area contributed by atoms with Gasteiger partial charge in [-0.2, -0.15) is 0 Å². The standard InChI is InChI=1S/C26H28N2O4/c1-26(2,3)32-25(31)23(29)18-24(30)28(16-8-11-19-9-5-4-6-10-19)21-13-14-22-20(17-21)12-7-15-27-22/h4-7,9-10,12-15,17H,8,11,16,18H2,1-3H3. The molecule has 0 atom stereocenters. The molecule has 0 aliphatic rings. The number of Topliss-reactive ketones (excluding diaryl/α,β-unsaturated/α-hetero) is 1. The number of fused-ring (bicyclic) bond motifs is 1. The molecule has 166 valence electrons. The predicted molar refractivity (Wildman–Crippen MR) is 124 cm³/mol. The molecule has 1 heterocycles. The SMILES string of the molecule is CC(C)(C)OC(=O)C(=O)CC(=O)N(CCCc1ccccc1)c1ccc2ncccc2c1. The van der Waals surface area contributed by atoms with Gasteiger partial charge < -0.3 is 9.64 Å². The van der Waals surface area contributed by atoms with E-state index in [1.54, 1.807) is 31.9 Å². The first-order valence-corrected chi connectivity index (χ1v) is 10.7. The number of pyridine rings is 1. The van der Waals surface area contributed by atoms with Gasteiger partial charge in [-0.1, -0.05) is 36.4 Å². The molecule has 3 aromatic rings. The number of hydrogen-bond donors (Lipinski definition) is 0. The lowest BCUT2D eigenvalue weighted by Crippen LogP contribution is -2.36. The van der Waals surface area contributed by atoms with Crippen molar-refractivity contribution in [1.29, 1.82) is 0 Å². The number of esters is 1. The number of aryl methyl sites for hydroxylation is 1. The molecule has 0 spiro atoms. The molecule has 0 radical (unpaired) electrons. The van der Waals surface area contributed by atoms with Gasteiger partial charge in [-0.3, -0.25) is 14.6 Å². The minimum Gasteiger partial charge on any atom is -0.454 e. The van der Waals surface area contributed by atoms with Crippen molar-refractivity contribution in [3.05, 3.63) is 72.4 Å². The number of carbonyl (C=O) groups excluding carboxylic acids is 3. The summed E-state index contributed by atoms with van der Waals surface area (Å²) in [5.41, 5.74) is 1.86. The molecular formula is C26H28N2O4. The van der Waals surface area contributed by atoms with E-state index >= 15 is 0 Å². The number of ketones is 1. The fraction of sp³-hybridized carbons (Fsp3) is 0.308. The summed E-state index contributed by atoms with van der Waals surface area (Å²) < 4.78 is 5.11. The zero-order chi connectivity index (χ0) is 23.1. The van der Waals surface area contributed by atoms with Crippen LogP contribution in [-0.2, 0) is 25.5 Å². The molecule has 32 heavy (non-hydrogen) atoms. The Kier molecular flexibility index (Phi) is 7.36. The lowest BCUT2D eigenvalue weighted by atomic mass is 10.1. The van der Waals surface area contributed by atoms with Crippen LogP contribution in [0, 0.1) is 0 Å². The number of hydrogen-bond acceptors (Lipinski definition) is 5. The van der Waals surface area contributed by atoms with Crippen molar-refractivity contribution in [2.45, 2.75) is 45.6 Å². The third-order valence-electron chi connectivity index (χ3n) is 4.83. The first kappa shape index (κ1) is 23.1. The minimum absolute atomic E-state index is 0.418. The molecule has 0 saturated heterocycles. The number of carbonyl (C=O) groups is 3. The highest BCUT2D eigenvalue weighted by molar-refractivity contribution is 6.37. The second kappa shape index (κ2) is 10.2. The van der Waals surface area contributed by atoms with Gasteiger partial charge in [0.15, 0.2) is 0 Å². The van der Waals surface area contributed by atoms with Crippen LogP contribution in [0.4, 0.5) is 5.69 Å². The first-order valence-electron chi connectivity index (χ1n) is 10.7. The smallest absolute Gasteiger partial charge is 0.375 e. The third kappa shape index (κ3) is 6.48. The fourth-order valence-electron chi connectivity index (χ4n) is 3.35. The highest BCUT2D eigenvalue weighted by Gasteiger charge is 2.27. The monoisotopic (exact) mass is 432 g/mol. The summed E-state index contributed by atoms with van der Waals surface area (Å²) >= 11 is 0. The lowest BCUT2D eigenvalue weighted by molar-refractivity contribution is -0.163. The average Bonchev–Trinajstić information content (AvgIpc) is 2.76. The third-order valence-corrected chi connectivity index (χ3v) is 4.83. The Morgan fingerprint density at radius 2 is 1.72 bits per heavy atom. The van der Waals surface area contributed by atoms with E-state index in [0.29, 0.717) is 18.7 Å². The van der Waals surface area contributed by atoms with Gasteiger partial charge in [0.1, 0.15) is 5.60 Å². The van der Waals surface area contributed by atoms with Gasteiger partial charge in [-0.15, -0.1) is 0 Å². The summed E-state index contributed by atoms with van der Waals surface area (Å²) in [7, 11) is 0. The quantitative estimate of drug-likeness (QED) is 0.298. The fourth-order valence-corrected chi connectivity index (χ4v) is 3.35. The van der Waals surface area contributed by atoms with E-state index in [2.05, 4.69) is 4.98 Å². The summed E-state index contributed by atoms with van der Waals surface area (Å²) in [5.74, 6) is -2.27. The van der Waals surface area contributed by atoms with Crippen LogP contribution in [0.5, 0.6) is 0 Å². The summed E-state index contributed by atoms with van der Waals surface area (Å²) in [5, 5.41) is 0.893. The Morgan fingerprint density at radius 1 is 0.969 bits per heavy atom. The van der Waals surface area contributed by atoms with Gasteiger partial charge in [-0.05, 0) is 63.4 Å². The Morgan fingerprint density at radius 3 is 2.44 bits per heavy atom. The van der Waals surface area contributed by atoms with Gasteiger partial charge in [0, 0.05) is 23.8 Å². The second-order valence-corrected chi connectivity index (χ2v) is 8.62. The van der Waals surface area contributed by atoms with Gasteiger partial charge >= 0.3 is 5.97 Å². The van der Waals surface area contributed by atoms with E-state index in [1.807, 2.05) is 60.7 Å². The van der Waals surface area contributed by atoms with Gasteiger partial charge in [0.25, 0.3) is 0 Å². The van der Waals surface area contributed by atoms with Crippen LogP contribution in [0.25, 0.3) is 10.9 Å². The van der Waals surface area contributed by atoms with Crippen LogP contribution < -0.4 is 4.90 Å². The Bertz CT molecular complexity index is 1100. The molecule has 6 heteroatoms. The maximum absolute atomic E-state index is 13.1. The Balaban J connectivity index is 1.77. The van der Waals surface area contributed by atoms with Crippen LogP contribution >= 0.6 is 0 Å². The summed E-state index contributed by atoms with van der Waals surface area (Å²) in [6.07, 6.45) is 2.68. The van der Waals surface area contributed by atoms with Crippen LogP contribution in [-0.4, -0.2) is 34.8 Å². The molecule has 0 N–H and O–H groups in total. The molecule has 0 unspecified atom stereocenters. The maximum atomic E-state index is 13.1. The number of nitrogens with zero attached hydrogens (tertiary/aromatic N) is 2. The Labute approximate surface area is 188 Å². The largest absolute Gasteiger partial charge is 0.454 e. The second-order valence-electron chi connectivity index (χ2n) is 8.62. The molecule has 3 rings (SSSR count). The number of amides is 1. The van der Waals surface area contributed by atoms with E-state index in [1.165, 1.54) is 5.56 Å². The van der Waals surface area contributed by atoms with Crippen molar-refractivity contribution in [1.82, 2.24) is 4.98 Å². The molecule has 0 fully saturated rings. The van der Waals surface area contributed by atoms with Gasteiger partial charge in [-0.25, -0.2) is 4.79 Å². The van der Waals surface area contributed by atoms with E-state index in [0.717, 1.165) is 17.3 Å². The van der Waals surface area contributed by atoms with Crippen molar-refractivity contribution in [3.8, 4) is 0 Å². The zero-order valence-corrected chi connectivity index (χ0v) is 18.7. The molecule has 1 aromatic heterocycles. The van der Waals surface area contributed by atoms with Crippen LogP contribution in [0.1, 0.15) is 39.2 Å². The van der Waals surface area contributed by atoms with E-state index in [9.17, 15) is 14.4 Å². The summed E-state index contributed by atoms with van der Waals surface area (Å²) in [6.45, 7) is 5.46. The van der Waals surface area contributed by atoms with Crippen LogP contribution in [0.15, 0.2) is 66.9 Å². The van der Waals surface area contributed by atoms with Crippen molar-refractivity contribution in [2.75, 3.05) is 11.4 Å². The van der Waals surface area contributed by atoms with E-state index in [-0.39, 0.29) is 0 Å². The predicted octanol–water partition coefficient (Wildman–Crippen LogP) is 4.50. The number of anilines is 1. The zero-order valence-electron chi connectivity index (χ0n) is 18.7. The molecule has 0 bridgehead atoms. The lowest BCUT2D eigenvalue weighted by Gasteiger charge is -2.24. The molecule has 0 aliphatic heterocycles. The molecule has 1 amide bonds. The van der Waals surface area contributed by atoms with Crippen LogP contribution in [0.3, 0.4) is 0 Å². The van der Waals surface area contributed by atoms with Crippen molar-refractivity contribution < 1.29 is 19.1 Å². The van der Waals surface area contributed by atoms with Crippen molar-refractivity contribution >= 4 is 34.3 Å². The topological polar surface area (TPSA) is 76.6 Å². The number of aromatic nitrogens is 1. The van der Waals surface area contributed by atoms with Gasteiger partial charge in [0.2, 0.25) is 11.7 Å². The number of rotatable bonds is 8.